The molecule has 2 unspecified atom stereocenters. The van der Waals surface area contributed by atoms with Gasteiger partial charge in [-0.1, -0.05) is 30.7 Å². The molecule has 2 rings (SSSR count). The van der Waals surface area contributed by atoms with Gasteiger partial charge in [0.15, 0.2) is 0 Å². The molecule has 1 aromatic carbocycles. The normalized spacial score (nSPS) is 24.2. The van der Waals surface area contributed by atoms with Gasteiger partial charge in [0.2, 0.25) is 0 Å². The van der Waals surface area contributed by atoms with Gasteiger partial charge in [0.05, 0.1) is 0 Å². The molecule has 17 heavy (non-hydrogen) atoms. The molecule has 3 heteroatoms. The summed E-state index contributed by atoms with van der Waals surface area (Å²) in [7, 11) is 0. The highest BCUT2D eigenvalue weighted by atomic mass is 35.5. The zero-order chi connectivity index (χ0) is 12.3. The standard InChI is InChI=1S/C14H20ClNS/c1-3-16-14-9-17-8-12(14)7-11-5-4-10(2)6-13(11)15/h4-6,12,14,16H,3,7-9H2,1-2H3. The molecular formula is C14H20ClNS. The van der Waals surface area contributed by atoms with E-state index in [0.717, 1.165) is 23.9 Å². The third-order valence-electron chi connectivity index (χ3n) is 3.36. The van der Waals surface area contributed by atoms with Crippen LogP contribution >= 0.6 is 23.4 Å². The average Bonchev–Trinajstić information content (AvgIpc) is 2.71. The summed E-state index contributed by atoms with van der Waals surface area (Å²) in [5.74, 6) is 3.21. The Kier molecular flexibility index (Phi) is 4.78. The lowest BCUT2D eigenvalue weighted by Crippen LogP contribution is -2.36. The van der Waals surface area contributed by atoms with Crippen LogP contribution in [0.15, 0.2) is 18.2 Å². The summed E-state index contributed by atoms with van der Waals surface area (Å²) in [4.78, 5) is 0. The predicted molar refractivity (Wildman–Crippen MR) is 78.2 cm³/mol. The third kappa shape index (κ3) is 3.40. The molecule has 0 amide bonds. The highest BCUT2D eigenvalue weighted by molar-refractivity contribution is 7.99. The van der Waals surface area contributed by atoms with E-state index >= 15 is 0 Å². The summed E-state index contributed by atoms with van der Waals surface area (Å²) in [6.07, 6.45) is 1.10. The first-order valence-electron chi connectivity index (χ1n) is 6.27. The van der Waals surface area contributed by atoms with Crippen LogP contribution in [0.3, 0.4) is 0 Å². The number of nitrogens with one attached hydrogen (secondary N) is 1. The average molecular weight is 270 g/mol. The Morgan fingerprint density at radius 1 is 1.41 bits per heavy atom. The SMILES string of the molecule is CCNC1CSCC1Cc1ccc(C)cc1Cl. The highest BCUT2D eigenvalue weighted by Gasteiger charge is 2.27. The maximum Gasteiger partial charge on any atom is 0.0440 e. The zero-order valence-electron chi connectivity index (χ0n) is 10.5. The Balaban J connectivity index is 2.04. The van der Waals surface area contributed by atoms with Crippen LogP contribution in [0.2, 0.25) is 5.02 Å². The lowest BCUT2D eigenvalue weighted by molar-refractivity contribution is 0.434. The van der Waals surface area contributed by atoms with Gasteiger partial charge >= 0.3 is 0 Å². The van der Waals surface area contributed by atoms with Crippen LogP contribution in [0.5, 0.6) is 0 Å². The quantitative estimate of drug-likeness (QED) is 0.898. The van der Waals surface area contributed by atoms with Crippen molar-refractivity contribution in [3.63, 3.8) is 0 Å². The molecule has 1 aliphatic heterocycles. The van der Waals surface area contributed by atoms with Gasteiger partial charge in [0, 0.05) is 16.8 Å². The number of rotatable bonds is 4. The lowest BCUT2D eigenvalue weighted by Gasteiger charge is -2.20. The summed E-state index contributed by atoms with van der Waals surface area (Å²) < 4.78 is 0. The minimum atomic E-state index is 0.655. The Hall–Kier alpha value is -0.180. The van der Waals surface area contributed by atoms with E-state index in [2.05, 4.69) is 49.1 Å². The molecule has 1 aromatic rings. The number of hydrogen-bond donors (Lipinski definition) is 1. The van der Waals surface area contributed by atoms with Crippen molar-refractivity contribution in [2.45, 2.75) is 26.3 Å². The molecule has 2 atom stereocenters. The fraction of sp³-hybridized carbons (Fsp3) is 0.571. The molecule has 0 bridgehead atoms. The number of aryl methyl sites for hydroxylation is 1. The van der Waals surface area contributed by atoms with Gasteiger partial charge in [-0.25, -0.2) is 0 Å². The lowest BCUT2D eigenvalue weighted by atomic mass is 9.94. The van der Waals surface area contributed by atoms with Gasteiger partial charge in [-0.3, -0.25) is 0 Å². The number of halogens is 1. The van der Waals surface area contributed by atoms with Crippen molar-refractivity contribution in [1.29, 1.82) is 0 Å². The van der Waals surface area contributed by atoms with Crippen molar-refractivity contribution in [3.05, 3.63) is 34.3 Å². The zero-order valence-corrected chi connectivity index (χ0v) is 12.1. The molecule has 1 aliphatic rings. The second kappa shape index (κ2) is 6.12. The Morgan fingerprint density at radius 3 is 2.94 bits per heavy atom. The van der Waals surface area contributed by atoms with Crippen LogP contribution in [0.4, 0.5) is 0 Å². The van der Waals surface area contributed by atoms with Crippen molar-refractivity contribution < 1.29 is 0 Å². The topological polar surface area (TPSA) is 12.0 Å². The predicted octanol–water partition coefficient (Wildman–Crippen LogP) is 3.53. The Bertz CT molecular complexity index is 380. The van der Waals surface area contributed by atoms with Gasteiger partial charge in [-0.2, -0.15) is 11.8 Å². The molecule has 1 nitrogen and oxygen atoms in total. The summed E-state index contributed by atoms with van der Waals surface area (Å²) in [6, 6.07) is 7.07. The minimum absolute atomic E-state index is 0.655. The Labute approximate surface area is 113 Å². The van der Waals surface area contributed by atoms with Crippen LogP contribution in [0.1, 0.15) is 18.1 Å². The van der Waals surface area contributed by atoms with Gasteiger partial charge in [0.1, 0.15) is 0 Å². The molecule has 1 N–H and O–H groups in total. The molecule has 94 valence electrons. The van der Waals surface area contributed by atoms with E-state index in [1.165, 1.54) is 22.6 Å². The minimum Gasteiger partial charge on any atom is -0.313 e. The number of thioether (sulfide) groups is 1. The summed E-state index contributed by atoms with van der Waals surface area (Å²) in [6.45, 7) is 5.32. The fourth-order valence-corrected chi connectivity index (χ4v) is 4.13. The summed E-state index contributed by atoms with van der Waals surface area (Å²) in [5, 5.41) is 4.51. The van der Waals surface area contributed by atoms with Crippen LogP contribution in [0, 0.1) is 12.8 Å². The Morgan fingerprint density at radius 2 is 2.24 bits per heavy atom. The van der Waals surface area contributed by atoms with E-state index < -0.39 is 0 Å². The number of benzene rings is 1. The summed E-state index contributed by atoms with van der Waals surface area (Å²) in [5.41, 5.74) is 2.54. The second-order valence-electron chi connectivity index (χ2n) is 4.76. The monoisotopic (exact) mass is 269 g/mol. The molecule has 0 aliphatic carbocycles. The second-order valence-corrected chi connectivity index (χ2v) is 6.24. The molecular weight excluding hydrogens is 250 g/mol. The molecule has 0 aromatic heterocycles. The molecule has 0 spiro atoms. The van der Waals surface area contributed by atoms with E-state index in [1.54, 1.807) is 0 Å². The van der Waals surface area contributed by atoms with Gasteiger partial charge in [0.25, 0.3) is 0 Å². The third-order valence-corrected chi connectivity index (χ3v) is 4.97. The van der Waals surface area contributed by atoms with Crippen LogP contribution < -0.4 is 5.32 Å². The smallest absolute Gasteiger partial charge is 0.0440 e. The van der Waals surface area contributed by atoms with E-state index in [-0.39, 0.29) is 0 Å². The first-order valence-corrected chi connectivity index (χ1v) is 7.80. The van der Waals surface area contributed by atoms with E-state index in [4.69, 9.17) is 11.6 Å². The van der Waals surface area contributed by atoms with Gasteiger partial charge in [-0.05, 0) is 48.8 Å². The van der Waals surface area contributed by atoms with Crippen molar-refractivity contribution >= 4 is 23.4 Å². The fourth-order valence-electron chi connectivity index (χ4n) is 2.39. The van der Waals surface area contributed by atoms with E-state index in [1.807, 2.05) is 0 Å². The van der Waals surface area contributed by atoms with Gasteiger partial charge < -0.3 is 5.32 Å². The van der Waals surface area contributed by atoms with Crippen molar-refractivity contribution in [2.75, 3.05) is 18.1 Å². The molecule has 1 heterocycles. The van der Waals surface area contributed by atoms with Crippen molar-refractivity contribution in [2.24, 2.45) is 5.92 Å². The molecule has 1 fully saturated rings. The number of hydrogen-bond acceptors (Lipinski definition) is 2. The van der Waals surface area contributed by atoms with Gasteiger partial charge in [-0.15, -0.1) is 0 Å². The van der Waals surface area contributed by atoms with Crippen LogP contribution in [-0.2, 0) is 6.42 Å². The van der Waals surface area contributed by atoms with E-state index in [9.17, 15) is 0 Å². The molecule has 1 saturated heterocycles. The maximum atomic E-state index is 6.31. The highest BCUT2D eigenvalue weighted by Crippen LogP contribution is 2.29. The first kappa shape index (κ1) is 13.3. The van der Waals surface area contributed by atoms with Crippen LogP contribution in [0.25, 0.3) is 0 Å². The first-order chi connectivity index (χ1) is 8.20. The van der Waals surface area contributed by atoms with Crippen LogP contribution in [-0.4, -0.2) is 24.1 Å². The molecule has 0 radical (unpaired) electrons. The largest absolute Gasteiger partial charge is 0.313 e. The maximum absolute atomic E-state index is 6.31. The van der Waals surface area contributed by atoms with Crippen molar-refractivity contribution in [3.8, 4) is 0 Å². The summed E-state index contributed by atoms with van der Waals surface area (Å²) >= 11 is 8.36. The van der Waals surface area contributed by atoms with E-state index in [0.29, 0.717) is 6.04 Å². The molecule has 0 saturated carbocycles. The van der Waals surface area contributed by atoms with Crippen molar-refractivity contribution in [1.82, 2.24) is 5.32 Å².